The van der Waals surface area contributed by atoms with Gasteiger partial charge in [-0.25, -0.2) is 0 Å². The molecular formula is C13H16O4. The molecule has 92 valence electrons. The van der Waals surface area contributed by atoms with Gasteiger partial charge in [-0.3, -0.25) is 4.79 Å². The van der Waals surface area contributed by atoms with E-state index in [2.05, 4.69) is 0 Å². The van der Waals surface area contributed by atoms with Gasteiger partial charge in [0.15, 0.2) is 0 Å². The molecule has 4 heteroatoms. The smallest absolute Gasteiger partial charge is 0.309 e. The van der Waals surface area contributed by atoms with Gasteiger partial charge in [-0.2, -0.15) is 0 Å². The lowest BCUT2D eigenvalue weighted by molar-refractivity contribution is -0.148. The molecular weight excluding hydrogens is 220 g/mol. The van der Waals surface area contributed by atoms with E-state index in [4.69, 9.17) is 9.47 Å². The Bertz CT molecular complexity index is 414. The molecule has 0 unspecified atom stereocenters. The van der Waals surface area contributed by atoms with Crippen molar-refractivity contribution in [3.63, 3.8) is 0 Å². The Kier molecular flexibility index (Phi) is 3.52. The maximum atomic E-state index is 11.7. The Morgan fingerprint density at radius 2 is 2.41 bits per heavy atom. The van der Waals surface area contributed by atoms with Crippen LogP contribution in [0.5, 0.6) is 11.5 Å². The molecule has 1 aliphatic heterocycles. The quantitative estimate of drug-likeness (QED) is 0.797. The van der Waals surface area contributed by atoms with Crippen LogP contribution in [0, 0.1) is 5.92 Å². The minimum Gasteiger partial charge on any atom is -0.508 e. The first-order valence-electron chi connectivity index (χ1n) is 5.82. The van der Waals surface area contributed by atoms with Gasteiger partial charge in [0.05, 0.1) is 19.1 Å². The molecule has 0 amide bonds. The number of hydrogen-bond acceptors (Lipinski definition) is 4. The molecule has 17 heavy (non-hydrogen) atoms. The SMILES string of the molecule is CCOC(=O)[C@H]1CCOc2cc(O)ccc2C1. The molecule has 0 fully saturated rings. The Balaban J connectivity index is 2.17. The van der Waals surface area contributed by atoms with Crippen LogP contribution in [-0.2, 0) is 16.0 Å². The number of benzene rings is 1. The number of ether oxygens (including phenoxy) is 2. The minimum absolute atomic E-state index is 0.152. The summed E-state index contributed by atoms with van der Waals surface area (Å²) in [4.78, 5) is 11.7. The van der Waals surface area contributed by atoms with Crippen molar-refractivity contribution in [2.24, 2.45) is 5.92 Å². The summed E-state index contributed by atoms with van der Waals surface area (Å²) in [5.41, 5.74) is 0.943. The molecule has 2 rings (SSSR count). The summed E-state index contributed by atoms with van der Waals surface area (Å²) in [5.74, 6) is 0.521. The zero-order valence-electron chi connectivity index (χ0n) is 9.81. The second-order valence-corrected chi connectivity index (χ2v) is 4.08. The fraction of sp³-hybridized carbons (Fsp3) is 0.462. The largest absolute Gasteiger partial charge is 0.508 e. The van der Waals surface area contributed by atoms with E-state index in [9.17, 15) is 9.90 Å². The van der Waals surface area contributed by atoms with Crippen molar-refractivity contribution in [1.29, 1.82) is 0 Å². The predicted molar refractivity (Wildman–Crippen MR) is 62.0 cm³/mol. The van der Waals surface area contributed by atoms with Gasteiger partial charge < -0.3 is 14.6 Å². The lowest BCUT2D eigenvalue weighted by atomic mass is 9.97. The number of rotatable bonds is 2. The average molecular weight is 236 g/mol. The van der Waals surface area contributed by atoms with Gasteiger partial charge in [-0.1, -0.05) is 6.07 Å². The second-order valence-electron chi connectivity index (χ2n) is 4.08. The van der Waals surface area contributed by atoms with Crippen LogP contribution in [0.3, 0.4) is 0 Å². The fourth-order valence-corrected chi connectivity index (χ4v) is 1.99. The van der Waals surface area contributed by atoms with E-state index in [-0.39, 0.29) is 17.6 Å². The highest BCUT2D eigenvalue weighted by Gasteiger charge is 2.24. The molecule has 0 aromatic heterocycles. The molecule has 0 saturated heterocycles. The number of phenolic OH excluding ortho intramolecular Hbond substituents is 1. The van der Waals surface area contributed by atoms with E-state index in [0.717, 1.165) is 5.56 Å². The summed E-state index contributed by atoms with van der Waals surface area (Å²) in [7, 11) is 0. The van der Waals surface area contributed by atoms with E-state index in [1.54, 1.807) is 25.1 Å². The van der Waals surface area contributed by atoms with Crippen molar-refractivity contribution < 1.29 is 19.4 Å². The summed E-state index contributed by atoms with van der Waals surface area (Å²) in [6.45, 7) is 2.68. The number of carbonyl (C=O) groups excluding carboxylic acids is 1. The molecule has 4 nitrogen and oxygen atoms in total. The summed E-state index contributed by atoms with van der Waals surface area (Å²) >= 11 is 0. The highest BCUT2D eigenvalue weighted by atomic mass is 16.5. The number of fused-ring (bicyclic) bond motifs is 1. The second kappa shape index (κ2) is 5.08. The molecule has 0 spiro atoms. The maximum Gasteiger partial charge on any atom is 0.309 e. The number of carbonyl (C=O) groups is 1. The first-order valence-corrected chi connectivity index (χ1v) is 5.82. The van der Waals surface area contributed by atoms with Gasteiger partial charge >= 0.3 is 5.97 Å². The normalized spacial score (nSPS) is 18.8. The van der Waals surface area contributed by atoms with Crippen LogP contribution in [0.1, 0.15) is 18.9 Å². The van der Waals surface area contributed by atoms with E-state index in [0.29, 0.717) is 31.8 Å². The van der Waals surface area contributed by atoms with Crippen molar-refractivity contribution in [2.45, 2.75) is 19.8 Å². The first-order chi connectivity index (χ1) is 8.20. The zero-order valence-corrected chi connectivity index (χ0v) is 9.81. The Labute approximate surface area is 100 Å². The van der Waals surface area contributed by atoms with Crippen molar-refractivity contribution in [3.05, 3.63) is 23.8 Å². The van der Waals surface area contributed by atoms with Crippen molar-refractivity contribution in [2.75, 3.05) is 13.2 Å². The molecule has 0 bridgehead atoms. The van der Waals surface area contributed by atoms with E-state index < -0.39 is 0 Å². The fourth-order valence-electron chi connectivity index (χ4n) is 1.99. The number of hydrogen-bond donors (Lipinski definition) is 1. The Hall–Kier alpha value is -1.71. The maximum absolute atomic E-state index is 11.7. The molecule has 1 aromatic carbocycles. The van der Waals surface area contributed by atoms with Crippen molar-refractivity contribution in [1.82, 2.24) is 0 Å². The monoisotopic (exact) mass is 236 g/mol. The lowest BCUT2D eigenvalue weighted by Crippen LogP contribution is -2.20. The Morgan fingerprint density at radius 1 is 1.59 bits per heavy atom. The summed E-state index contributed by atoms with van der Waals surface area (Å²) < 4.78 is 10.6. The number of phenols is 1. The zero-order chi connectivity index (χ0) is 12.3. The van der Waals surface area contributed by atoms with Crippen LogP contribution in [0.25, 0.3) is 0 Å². The first kappa shape index (κ1) is 11.8. The third-order valence-corrected chi connectivity index (χ3v) is 2.86. The van der Waals surface area contributed by atoms with Crippen LogP contribution in [0.15, 0.2) is 18.2 Å². The van der Waals surface area contributed by atoms with Crippen LogP contribution in [-0.4, -0.2) is 24.3 Å². The van der Waals surface area contributed by atoms with Gasteiger partial charge in [0.2, 0.25) is 0 Å². The number of aromatic hydroxyl groups is 1. The third-order valence-electron chi connectivity index (χ3n) is 2.86. The summed E-state index contributed by atoms with van der Waals surface area (Å²) in [6.07, 6.45) is 1.25. The summed E-state index contributed by atoms with van der Waals surface area (Å²) in [6, 6.07) is 4.99. The molecule has 1 N–H and O–H groups in total. The number of esters is 1. The van der Waals surface area contributed by atoms with Crippen molar-refractivity contribution >= 4 is 5.97 Å². The molecule has 1 heterocycles. The van der Waals surface area contributed by atoms with E-state index >= 15 is 0 Å². The topological polar surface area (TPSA) is 55.8 Å². The predicted octanol–water partition coefficient (Wildman–Crippen LogP) is 1.90. The van der Waals surface area contributed by atoms with E-state index in [1.807, 2.05) is 0 Å². The van der Waals surface area contributed by atoms with Crippen LogP contribution in [0.2, 0.25) is 0 Å². The van der Waals surface area contributed by atoms with Gasteiger partial charge in [0.25, 0.3) is 0 Å². The van der Waals surface area contributed by atoms with Gasteiger partial charge in [0, 0.05) is 6.07 Å². The third kappa shape index (κ3) is 2.70. The minimum atomic E-state index is -0.169. The van der Waals surface area contributed by atoms with Gasteiger partial charge in [-0.15, -0.1) is 0 Å². The van der Waals surface area contributed by atoms with Crippen LogP contribution < -0.4 is 4.74 Å². The highest BCUT2D eigenvalue weighted by molar-refractivity contribution is 5.73. The lowest BCUT2D eigenvalue weighted by Gasteiger charge is -2.11. The van der Waals surface area contributed by atoms with Gasteiger partial charge in [-0.05, 0) is 31.4 Å². The standard InChI is InChI=1S/C13H16O4/c1-2-16-13(15)10-5-6-17-12-8-11(14)4-3-9(12)7-10/h3-4,8,10,14H,2,5-7H2,1H3/t10-/m0/s1. The van der Waals surface area contributed by atoms with E-state index in [1.165, 1.54) is 0 Å². The van der Waals surface area contributed by atoms with Gasteiger partial charge in [0.1, 0.15) is 11.5 Å². The van der Waals surface area contributed by atoms with Crippen molar-refractivity contribution in [3.8, 4) is 11.5 Å². The van der Waals surface area contributed by atoms with Crippen LogP contribution in [0.4, 0.5) is 0 Å². The molecule has 0 radical (unpaired) electrons. The molecule has 1 atom stereocenters. The summed E-state index contributed by atoms with van der Waals surface area (Å²) in [5, 5.41) is 9.37. The molecule has 0 saturated carbocycles. The average Bonchev–Trinajstić information content (AvgIpc) is 2.51. The molecule has 1 aromatic rings. The Morgan fingerprint density at radius 3 is 3.18 bits per heavy atom. The molecule has 0 aliphatic carbocycles. The highest BCUT2D eigenvalue weighted by Crippen LogP contribution is 2.30. The van der Waals surface area contributed by atoms with Crippen LogP contribution >= 0.6 is 0 Å². The molecule has 1 aliphatic rings.